The first-order valence-electron chi connectivity index (χ1n) is 6.89. The minimum atomic E-state index is -0.0171. The summed E-state index contributed by atoms with van der Waals surface area (Å²) >= 11 is 1.17. The van der Waals surface area contributed by atoms with Crippen molar-refractivity contribution in [1.82, 2.24) is 17.9 Å². The van der Waals surface area contributed by atoms with Crippen LogP contribution >= 0.6 is 11.7 Å². The number of aromatic nitrogens is 4. The van der Waals surface area contributed by atoms with Gasteiger partial charge >= 0.3 is 5.69 Å². The van der Waals surface area contributed by atoms with Crippen LogP contribution in [-0.2, 0) is 22.6 Å². The molecule has 2 unspecified atom stereocenters. The molecule has 7 nitrogen and oxygen atoms in total. The minimum Gasteiger partial charge on any atom is -0.371 e. The van der Waals surface area contributed by atoms with Gasteiger partial charge in [0.25, 0.3) is 0 Å². The number of hydrogen-bond donors (Lipinski definition) is 0. The van der Waals surface area contributed by atoms with Crippen molar-refractivity contribution in [2.75, 3.05) is 13.2 Å². The van der Waals surface area contributed by atoms with Gasteiger partial charge in [0.2, 0.25) is 0 Å². The fourth-order valence-electron chi connectivity index (χ4n) is 2.76. The van der Waals surface area contributed by atoms with E-state index >= 15 is 0 Å². The molecule has 0 saturated carbocycles. The number of fused-ring (bicyclic) bond motifs is 3. The molecule has 3 aromatic rings. The van der Waals surface area contributed by atoms with Crippen LogP contribution in [0, 0.1) is 0 Å². The van der Waals surface area contributed by atoms with Gasteiger partial charge in [0.05, 0.1) is 61.3 Å². The van der Waals surface area contributed by atoms with Gasteiger partial charge in [-0.25, -0.2) is 4.79 Å². The van der Waals surface area contributed by atoms with E-state index in [1.165, 1.54) is 11.7 Å². The standard InChI is InChI=1S/C13H12N4O3S/c18-13-16(3-7-5-19-7)10-2-1-9-11(15-21-14-9)12(10)17(13)4-8-6-20-8/h1-2,7-8H,3-6H2. The maximum Gasteiger partial charge on any atom is 0.329 e. The fourth-order valence-corrected chi connectivity index (χ4v) is 3.29. The zero-order chi connectivity index (χ0) is 14.0. The highest BCUT2D eigenvalue weighted by molar-refractivity contribution is 7.00. The third-order valence-electron chi connectivity index (χ3n) is 3.98. The monoisotopic (exact) mass is 304 g/mol. The quantitative estimate of drug-likeness (QED) is 0.660. The van der Waals surface area contributed by atoms with Gasteiger partial charge < -0.3 is 9.47 Å². The van der Waals surface area contributed by atoms with Crippen molar-refractivity contribution >= 4 is 33.8 Å². The molecule has 0 radical (unpaired) electrons. The van der Waals surface area contributed by atoms with Crippen LogP contribution in [0.4, 0.5) is 0 Å². The highest BCUT2D eigenvalue weighted by Crippen LogP contribution is 2.26. The number of hydrogen-bond acceptors (Lipinski definition) is 6. The van der Waals surface area contributed by atoms with E-state index in [9.17, 15) is 4.79 Å². The van der Waals surface area contributed by atoms with Gasteiger partial charge in [0.1, 0.15) is 11.0 Å². The predicted octanol–water partition coefficient (Wildman–Crippen LogP) is 0.605. The van der Waals surface area contributed by atoms with Gasteiger partial charge in [-0.2, -0.15) is 8.75 Å². The molecule has 2 saturated heterocycles. The summed E-state index contributed by atoms with van der Waals surface area (Å²) in [6.45, 7) is 2.61. The van der Waals surface area contributed by atoms with Gasteiger partial charge in [-0.1, -0.05) is 0 Å². The van der Waals surface area contributed by atoms with Crippen LogP contribution in [0.5, 0.6) is 0 Å². The number of epoxide rings is 2. The van der Waals surface area contributed by atoms with Crippen molar-refractivity contribution in [3.63, 3.8) is 0 Å². The zero-order valence-electron chi connectivity index (χ0n) is 11.1. The van der Waals surface area contributed by atoms with E-state index in [2.05, 4.69) is 8.75 Å². The summed E-state index contributed by atoms with van der Waals surface area (Å²) in [5, 5.41) is 0. The molecule has 0 spiro atoms. The second-order valence-electron chi connectivity index (χ2n) is 5.48. The first kappa shape index (κ1) is 11.8. The van der Waals surface area contributed by atoms with Crippen LogP contribution in [0.3, 0.4) is 0 Å². The van der Waals surface area contributed by atoms with Crippen molar-refractivity contribution in [2.45, 2.75) is 25.3 Å². The summed E-state index contributed by atoms with van der Waals surface area (Å²) in [5.41, 5.74) is 3.37. The Bertz CT molecular complexity index is 903. The second-order valence-corrected chi connectivity index (χ2v) is 6.01. The molecule has 2 atom stereocenters. The van der Waals surface area contributed by atoms with Gasteiger partial charge in [-0.05, 0) is 12.1 Å². The lowest BCUT2D eigenvalue weighted by molar-refractivity contribution is 0.372. The molecule has 0 bridgehead atoms. The first-order valence-corrected chi connectivity index (χ1v) is 7.62. The number of nitrogens with zero attached hydrogens (tertiary/aromatic N) is 4. The van der Waals surface area contributed by atoms with Crippen molar-refractivity contribution in [3.8, 4) is 0 Å². The highest BCUT2D eigenvalue weighted by Gasteiger charge is 2.29. The maximum atomic E-state index is 12.8. The zero-order valence-corrected chi connectivity index (χ0v) is 11.9. The van der Waals surface area contributed by atoms with Crippen LogP contribution in [0.2, 0.25) is 0 Å². The molecule has 5 rings (SSSR count). The highest BCUT2D eigenvalue weighted by atomic mass is 32.1. The Morgan fingerprint density at radius 3 is 2.57 bits per heavy atom. The maximum absolute atomic E-state index is 12.8. The Kier molecular flexibility index (Phi) is 2.33. The van der Waals surface area contributed by atoms with Crippen LogP contribution in [-0.4, -0.2) is 43.3 Å². The third kappa shape index (κ3) is 1.83. The van der Waals surface area contributed by atoms with E-state index in [0.717, 1.165) is 35.3 Å². The first-order chi connectivity index (χ1) is 10.3. The van der Waals surface area contributed by atoms with Gasteiger partial charge in [0, 0.05) is 0 Å². The third-order valence-corrected chi connectivity index (χ3v) is 4.52. The molecule has 108 valence electrons. The smallest absolute Gasteiger partial charge is 0.329 e. The number of imidazole rings is 1. The van der Waals surface area contributed by atoms with Crippen molar-refractivity contribution in [2.24, 2.45) is 0 Å². The average molecular weight is 304 g/mol. The van der Waals surface area contributed by atoms with Crippen LogP contribution in [0.15, 0.2) is 16.9 Å². The SMILES string of the molecule is O=c1n(CC2CO2)c2ccc3nsnc3c2n1CC1CO1. The molecule has 0 amide bonds. The Balaban J connectivity index is 1.82. The topological polar surface area (TPSA) is 77.8 Å². The summed E-state index contributed by atoms with van der Waals surface area (Å²) in [6.07, 6.45) is 0.295. The molecule has 4 heterocycles. The Morgan fingerprint density at radius 2 is 1.86 bits per heavy atom. The average Bonchev–Trinajstić information content (AvgIpc) is 3.39. The van der Waals surface area contributed by atoms with E-state index in [1.54, 1.807) is 9.13 Å². The predicted molar refractivity (Wildman–Crippen MR) is 76.7 cm³/mol. The number of ether oxygens (including phenoxy) is 2. The summed E-state index contributed by atoms with van der Waals surface area (Å²) < 4.78 is 22.8. The summed E-state index contributed by atoms with van der Waals surface area (Å²) in [7, 11) is 0. The van der Waals surface area contributed by atoms with Crippen LogP contribution < -0.4 is 5.69 Å². The lowest BCUT2D eigenvalue weighted by Gasteiger charge is -1.99. The Hall–Kier alpha value is -1.77. The summed E-state index contributed by atoms with van der Waals surface area (Å²) in [4.78, 5) is 12.8. The van der Waals surface area contributed by atoms with Crippen LogP contribution in [0.25, 0.3) is 22.1 Å². The molecule has 2 aromatic heterocycles. The molecule has 0 aliphatic carbocycles. The molecular weight excluding hydrogens is 292 g/mol. The van der Waals surface area contributed by atoms with E-state index in [4.69, 9.17) is 9.47 Å². The van der Waals surface area contributed by atoms with Crippen molar-refractivity contribution < 1.29 is 9.47 Å². The van der Waals surface area contributed by atoms with E-state index in [0.29, 0.717) is 13.1 Å². The van der Waals surface area contributed by atoms with Gasteiger partial charge in [-0.15, -0.1) is 0 Å². The largest absolute Gasteiger partial charge is 0.371 e. The van der Waals surface area contributed by atoms with Crippen molar-refractivity contribution in [3.05, 3.63) is 22.6 Å². The van der Waals surface area contributed by atoms with Crippen molar-refractivity contribution in [1.29, 1.82) is 0 Å². The Morgan fingerprint density at radius 1 is 1.14 bits per heavy atom. The molecule has 0 N–H and O–H groups in total. The van der Waals surface area contributed by atoms with Gasteiger partial charge in [0.15, 0.2) is 0 Å². The molecular formula is C13H12N4O3S. The number of benzene rings is 1. The van der Waals surface area contributed by atoms with Crippen LogP contribution in [0.1, 0.15) is 0 Å². The molecule has 8 heteroatoms. The minimum absolute atomic E-state index is 0.0171. The number of rotatable bonds is 4. The van der Waals surface area contributed by atoms with E-state index in [-0.39, 0.29) is 17.9 Å². The summed E-state index contributed by atoms with van der Waals surface area (Å²) in [6, 6.07) is 3.87. The molecule has 1 aromatic carbocycles. The fraction of sp³-hybridized carbons (Fsp3) is 0.462. The lowest BCUT2D eigenvalue weighted by atomic mass is 10.2. The molecule has 2 aliphatic rings. The summed E-state index contributed by atoms with van der Waals surface area (Å²) in [5.74, 6) is 0. The molecule has 21 heavy (non-hydrogen) atoms. The van der Waals surface area contributed by atoms with E-state index in [1.807, 2.05) is 12.1 Å². The Labute approximate surface area is 123 Å². The molecule has 2 fully saturated rings. The van der Waals surface area contributed by atoms with Gasteiger partial charge in [-0.3, -0.25) is 9.13 Å². The lowest BCUT2D eigenvalue weighted by Crippen LogP contribution is -2.27. The van der Waals surface area contributed by atoms with E-state index < -0.39 is 0 Å². The molecule has 2 aliphatic heterocycles. The normalized spacial score (nSPS) is 24.0. The second kappa shape index (κ2) is 4.12.